The van der Waals surface area contributed by atoms with Gasteiger partial charge in [-0.15, -0.1) is 0 Å². The number of nitrogens with two attached hydrogens (primary N) is 2. The zero-order valence-electron chi connectivity index (χ0n) is 18.6. The predicted octanol–water partition coefficient (Wildman–Crippen LogP) is 3.81. The summed E-state index contributed by atoms with van der Waals surface area (Å²) >= 11 is 0. The van der Waals surface area contributed by atoms with Crippen LogP contribution >= 0.6 is 0 Å². The van der Waals surface area contributed by atoms with Crippen molar-refractivity contribution in [1.29, 1.82) is 0 Å². The maximum Gasteiger partial charge on any atom is 0.462 e. The van der Waals surface area contributed by atoms with Crippen molar-refractivity contribution >= 4 is 11.8 Å². The molecule has 0 aliphatic carbocycles. The van der Waals surface area contributed by atoms with Gasteiger partial charge in [0.2, 0.25) is 0 Å². The highest BCUT2D eigenvalue weighted by Gasteiger charge is 2.84. The molecule has 0 aliphatic rings. The molecule has 0 fully saturated rings. The van der Waals surface area contributed by atoms with Gasteiger partial charge in [-0.1, -0.05) is 0 Å². The van der Waals surface area contributed by atoms with Crippen LogP contribution in [0.15, 0.2) is 18.2 Å². The largest absolute Gasteiger partial charge is 0.462 e. The highest BCUT2D eigenvalue weighted by molar-refractivity contribution is 5.99. The minimum absolute atomic E-state index is 0.0869. The number of carbonyl (C=O) groups excluding carboxylic acids is 2. The van der Waals surface area contributed by atoms with E-state index in [1.165, 1.54) is 15.6 Å². The number of ether oxygens (including phenoxy) is 3. The van der Waals surface area contributed by atoms with E-state index in [9.17, 15) is 79.8 Å². The Morgan fingerprint density at radius 2 is 1.22 bits per heavy atom. The molecule has 1 aromatic carbocycles. The maximum absolute atomic E-state index is 14.2. The average Bonchev–Trinajstić information content (AvgIpc) is 2.80. The van der Waals surface area contributed by atoms with E-state index >= 15 is 0 Å². The topological polar surface area (TPSA) is 138 Å². The standard InChI is InChI=1S/C16H10F16N4O5/c17-9(10(18,19)39-6-3-4(7(37)35-33)1-2-5(6)8(38)36-34)40-16(31,32)12(22,14(26,27)28)41-15(29,30)11(20,21)13(23,24)25/h1-3,9H,33-34H2,(H,35,37)(H,36,38). The van der Waals surface area contributed by atoms with Gasteiger partial charge in [0.1, 0.15) is 5.75 Å². The van der Waals surface area contributed by atoms with Crippen molar-refractivity contribution in [2.75, 3.05) is 0 Å². The summed E-state index contributed by atoms with van der Waals surface area (Å²) in [5, 5.41) is 0. The maximum atomic E-state index is 14.2. The molecule has 41 heavy (non-hydrogen) atoms. The fraction of sp³-hybridized carbons (Fsp3) is 0.500. The molecule has 0 bridgehead atoms. The van der Waals surface area contributed by atoms with E-state index < -0.39 is 77.5 Å². The number of amides is 2. The molecule has 2 unspecified atom stereocenters. The Balaban J connectivity index is 3.52. The molecule has 2 amide bonds. The van der Waals surface area contributed by atoms with Crippen LogP contribution in [0.4, 0.5) is 70.2 Å². The van der Waals surface area contributed by atoms with Crippen molar-refractivity contribution < 1.29 is 94.0 Å². The molecule has 0 aliphatic heterocycles. The highest BCUT2D eigenvalue weighted by atomic mass is 19.4. The normalized spacial score (nSPS) is 16.0. The molecule has 25 heteroatoms. The number of hydrogen-bond donors (Lipinski definition) is 4. The number of nitrogen functional groups attached to an aromatic ring is 2. The van der Waals surface area contributed by atoms with E-state index in [4.69, 9.17) is 11.7 Å². The Labute approximate surface area is 213 Å². The van der Waals surface area contributed by atoms with E-state index in [0.29, 0.717) is 12.1 Å². The van der Waals surface area contributed by atoms with Crippen molar-refractivity contribution in [3.8, 4) is 5.75 Å². The summed E-state index contributed by atoms with van der Waals surface area (Å²) in [6.07, 6.45) is -42.5. The highest BCUT2D eigenvalue weighted by Crippen LogP contribution is 2.55. The first-order valence-corrected chi connectivity index (χ1v) is 9.32. The predicted molar refractivity (Wildman–Crippen MR) is 93.2 cm³/mol. The van der Waals surface area contributed by atoms with Crippen LogP contribution < -0.4 is 27.3 Å². The zero-order chi connectivity index (χ0) is 32.6. The van der Waals surface area contributed by atoms with Crippen LogP contribution in [-0.4, -0.2) is 60.6 Å². The number of alkyl halides is 16. The molecule has 0 aromatic heterocycles. The van der Waals surface area contributed by atoms with Crippen molar-refractivity contribution in [1.82, 2.24) is 10.9 Å². The third kappa shape index (κ3) is 6.95. The summed E-state index contributed by atoms with van der Waals surface area (Å²) in [5.74, 6) is -11.0. The van der Waals surface area contributed by atoms with Crippen molar-refractivity contribution in [3.63, 3.8) is 0 Å². The molecule has 6 N–H and O–H groups in total. The van der Waals surface area contributed by atoms with Crippen LogP contribution in [0.25, 0.3) is 0 Å². The van der Waals surface area contributed by atoms with E-state index in [-0.39, 0.29) is 6.07 Å². The van der Waals surface area contributed by atoms with Crippen LogP contribution in [0.2, 0.25) is 0 Å². The number of benzene rings is 1. The molecule has 0 saturated carbocycles. The lowest BCUT2D eigenvalue weighted by Gasteiger charge is -2.38. The number of rotatable bonds is 11. The summed E-state index contributed by atoms with van der Waals surface area (Å²) in [6, 6.07) is 1.13. The number of nitrogens with one attached hydrogen (secondary N) is 2. The van der Waals surface area contributed by atoms with Gasteiger partial charge in [0.15, 0.2) is 0 Å². The molecule has 1 rings (SSSR count). The lowest BCUT2D eigenvalue weighted by Crippen LogP contribution is -2.66. The van der Waals surface area contributed by atoms with E-state index in [1.54, 1.807) is 0 Å². The lowest BCUT2D eigenvalue weighted by molar-refractivity contribution is -0.543. The summed E-state index contributed by atoms with van der Waals surface area (Å²) < 4.78 is 218. The SMILES string of the molecule is NNC(=O)c1ccc(C(=O)NN)c(OC(F)(F)C(F)OC(F)(F)C(F)(OC(F)(F)C(F)(F)C(F)(F)F)C(F)(F)F)c1. The smallest absolute Gasteiger partial charge is 0.428 e. The zero-order valence-corrected chi connectivity index (χ0v) is 18.6. The first-order chi connectivity index (χ1) is 18.1. The second-order valence-electron chi connectivity index (χ2n) is 7.06. The lowest BCUT2D eigenvalue weighted by atomic mass is 10.1. The third-order valence-corrected chi connectivity index (χ3v) is 4.24. The fourth-order valence-corrected chi connectivity index (χ4v) is 2.25. The monoisotopic (exact) mass is 642 g/mol. The van der Waals surface area contributed by atoms with Crippen LogP contribution in [0.3, 0.4) is 0 Å². The van der Waals surface area contributed by atoms with Gasteiger partial charge in [-0.2, -0.15) is 65.9 Å². The quantitative estimate of drug-likeness (QED) is 0.125. The molecular weight excluding hydrogens is 632 g/mol. The van der Waals surface area contributed by atoms with Crippen LogP contribution in [0, 0.1) is 0 Å². The third-order valence-electron chi connectivity index (χ3n) is 4.24. The van der Waals surface area contributed by atoms with Gasteiger partial charge >= 0.3 is 48.8 Å². The summed E-state index contributed by atoms with van der Waals surface area (Å²) in [6.45, 7) is 0. The van der Waals surface area contributed by atoms with Crippen molar-refractivity contribution in [2.24, 2.45) is 11.7 Å². The van der Waals surface area contributed by atoms with Gasteiger partial charge in [-0.05, 0) is 18.2 Å². The van der Waals surface area contributed by atoms with Crippen LogP contribution in [-0.2, 0) is 9.47 Å². The Kier molecular flexibility index (Phi) is 9.72. The Morgan fingerprint density at radius 3 is 1.63 bits per heavy atom. The first kappa shape index (κ1) is 35.7. The Morgan fingerprint density at radius 1 is 0.732 bits per heavy atom. The Hall–Kier alpha value is -3.32. The number of halogens is 16. The van der Waals surface area contributed by atoms with Crippen LogP contribution in [0.5, 0.6) is 5.75 Å². The van der Waals surface area contributed by atoms with E-state index in [2.05, 4.69) is 9.47 Å². The molecule has 0 radical (unpaired) electrons. The second-order valence-corrected chi connectivity index (χ2v) is 7.06. The van der Waals surface area contributed by atoms with E-state index in [0.717, 1.165) is 0 Å². The molecule has 1 aromatic rings. The van der Waals surface area contributed by atoms with Gasteiger partial charge < -0.3 is 4.74 Å². The number of hydrogen-bond acceptors (Lipinski definition) is 7. The van der Waals surface area contributed by atoms with Gasteiger partial charge in [0, 0.05) is 5.56 Å². The first-order valence-electron chi connectivity index (χ1n) is 9.32. The second kappa shape index (κ2) is 11.2. The molecule has 9 nitrogen and oxygen atoms in total. The summed E-state index contributed by atoms with van der Waals surface area (Å²) in [5.41, 5.74) is 0.659. The number of hydrazine groups is 2. The molecule has 0 spiro atoms. The Bertz CT molecular complexity index is 1130. The summed E-state index contributed by atoms with van der Waals surface area (Å²) in [7, 11) is 0. The minimum atomic E-state index is -7.89. The molecular formula is C16H10F16N4O5. The molecule has 236 valence electrons. The molecule has 2 atom stereocenters. The van der Waals surface area contributed by atoms with Crippen molar-refractivity contribution in [2.45, 2.75) is 48.8 Å². The van der Waals surface area contributed by atoms with Crippen LogP contribution in [0.1, 0.15) is 20.7 Å². The molecule has 0 saturated heterocycles. The van der Waals surface area contributed by atoms with Gasteiger partial charge in [-0.25, -0.2) is 16.1 Å². The molecule has 0 heterocycles. The van der Waals surface area contributed by atoms with E-state index in [1.807, 2.05) is 0 Å². The number of carbonyl (C=O) groups is 2. The van der Waals surface area contributed by atoms with Gasteiger partial charge in [0.05, 0.1) is 5.56 Å². The van der Waals surface area contributed by atoms with Gasteiger partial charge in [-0.3, -0.25) is 29.9 Å². The average molecular weight is 642 g/mol. The van der Waals surface area contributed by atoms with Crippen molar-refractivity contribution in [3.05, 3.63) is 29.3 Å². The van der Waals surface area contributed by atoms with Gasteiger partial charge in [0.25, 0.3) is 11.8 Å². The minimum Gasteiger partial charge on any atom is -0.428 e. The summed E-state index contributed by atoms with van der Waals surface area (Å²) in [4.78, 5) is 23.2. The fourth-order valence-electron chi connectivity index (χ4n) is 2.25.